The summed E-state index contributed by atoms with van der Waals surface area (Å²) in [6, 6.07) is 8.80. The molecule has 1 atom stereocenters. The Morgan fingerprint density at radius 2 is 1.14 bits per heavy atom. The summed E-state index contributed by atoms with van der Waals surface area (Å²) in [7, 11) is -18.4. The molecule has 2 amide bonds. The predicted octanol–water partition coefficient (Wildman–Crippen LogP) is 2.95. The number of methoxy groups -OCH3 is 2. The third-order valence-corrected chi connectivity index (χ3v) is 17.2. The number of benzene rings is 4. The van der Waals surface area contributed by atoms with Crippen molar-refractivity contribution in [2.45, 2.75) is 76.9 Å². The molecule has 80 heavy (non-hydrogen) atoms. The Labute approximate surface area is 462 Å². The maximum atomic E-state index is 12.8. The number of hydrogen-bond donors (Lipinski definition) is 0. The minimum Gasteiger partial charge on any atom is -0.744 e. The first-order valence-corrected chi connectivity index (χ1v) is 30.4. The molecule has 0 aliphatic carbocycles. The molecule has 4 aromatic rings. The number of nitrogens with zero attached hydrogens (tertiary/aromatic N) is 3. The second-order valence-electron chi connectivity index (χ2n) is 19.3. The van der Waals surface area contributed by atoms with E-state index in [1.807, 2.05) is 4.90 Å². The average molecular weight is 1190 g/mol. The highest BCUT2D eigenvalue weighted by atomic mass is 32.2. The summed E-state index contributed by atoms with van der Waals surface area (Å²) < 4.78 is 187. The van der Waals surface area contributed by atoms with Gasteiger partial charge in [0.1, 0.15) is 47.1 Å². The van der Waals surface area contributed by atoms with Gasteiger partial charge in [-0.2, -0.15) is 4.58 Å². The summed E-state index contributed by atoms with van der Waals surface area (Å²) in [4.78, 5) is 39.5. The molecule has 1 unspecified atom stereocenters. The van der Waals surface area contributed by atoms with Crippen LogP contribution in [0.25, 0.3) is 21.5 Å². The van der Waals surface area contributed by atoms with Gasteiger partial charge in [0.2, 0.25) is 5.69 Å². The Balaban J connectivity index is 1.33. The molecule has 436 valence electrons. The molecular formula is C51H58N3O22S4-3. The lowest BCUT2D eigenvalue weighted by Gasteiger charge is -2.31. The van der Waals surface area contributed by atoms with Crippen LogP contribution in [0.3, 0.4) is 0 Å². The Morgan fingerprint density at radius 3 is 1.68 bits per heavy atom. The van der Waals surface area contributed by atoms with E-state index in [1.54, 1.807) is 56.8 Å². The molecular weight excluding hydrogens is 1130 g/mol. The van der Waals surface area contributed by atoms with Crippen molar-refractivity contribution in [2.24, 2.45) is 0 Å². The second-order valence-corrected chi connectivity index (χ2v) is 24.8. The van der Waals surface area contributed by atoms with Crippen molar-refractivity contribution in [1.29, 1.82) is 0 Å². The lowest BCUT2D eigenvalue weighted by atomic mass is 9.76. The zero-order valence-electron chi connectivity index (χ0n) is 44.1. The number of hydrogen-bond acceptors (Lipinski definition) is 23. The first-order valence-electron chi connectivity index (χ1n) is 24.8. The van der Waals surface area contributed by atoms with Crippen LogP contribution in [0.4, 0.5) is 11.4 Å². The summed E-state index contributed by atoms with van der Waals surface area (Å²) in [5, 5.41) is 0.0218. The monoisotopic (exact) mass is 1190 g/mol. The van der Waals surface area contributed by atoms with Crippen LogP contribution in [0.15, 0.2) is 92.0 Å². The fourth-order valence-electron chi connectivity index (χ4n) is 10.2. The standard InChI is InChI=1S/C51H61N3O22S4/c1-50(2)43(52(18-22-72-19-15-47(57)76-54-45(55)13-14-46(54)56)39-11-9-35-37(48(39)50)29-33(77(58,59)60)31-41(35)79(64,65)66)7-6-8-44-51(3,16-20-73-25-26-75-28-27-74-24-23-71-5)49-38-30-34(78(61,62)63)32-42(80(67,68)69)36(38)10-12-40(49)53(44)17-21-70-4/h6-12,29-32H,13-28H2,1-5H3,(H3-,58,59,60,61,62,63,64,65,66,67,68,69)/p-3. The van der Waals surface area contributed by atoms with Crippen LogP contribution in [0.2, 0.25) is 0 Å². The van der Waals surface area contributed by atoms with E-state index in [-0.39, 0.29) is 107 Å². The minimum atomic E-state index is -5.38. The van der Waals surface area contributed by atoms with Gasteiger partial charge in [0.05, 0.1) is 84.3 Å². The minimum absolute atomic E-state index is 0.00447. The predicted molar refractivity (Wildman–Crippen MR) is 278 cm³/mol. The van der Waals surface area contributed by atoms with Gasteiger partial charge in [-0.25, -0.2) is 38.5 Å². The molecule has 0 N–H and O–H groups in total. The van der Waals surface area contributed by atoms with Gasteiger partial charge in [-0.3, -0.25) is 9.59 Å². The van der Waals surface area contributed by atoms with E-state index in [1.165, 1.54) is 25.3 Å². The molecule has 0 saturated carbocycles. The highest BCUT2D eigenvalue weighted by Gasteiger charge is 2.47. The van der Waals surface area contributed by atoms with Crippen molar-refractivity contribution in [1.82, 2.24) is 5.06 Å². The average Bonchev–Trinajstić information content (AvgIpc) is 3.96. The number of amides is 2. The van der Waals surface area contributed by atoms with Gasteiger partial charge in [0, 0.05) is 80.1 Å². The molecule has 0 spiro atoms. The molecule has 1 saturated heterocycles. The topological polar surface area (TPSA) is 354 Å². The van der Waals surface area contributed by atoms with Crippen molar-refractivity contribution >= 4 is 96.9 Å². The van der Waals surface area contributed by atoms with Crippen LogP contribution in [0.5, 0.6) is 0 Å². The van der Waals surface area contributed by atoms with E-state index in [4.69, 9.17) is 33.3 Å². The van der Waals surface area contributed by atoms with Crippen LogP contribution >= 0.6 is 0 Å². The number of hydroxylamine groups is 2. The highest BCUT2D eigenvalue weighted by Crippen LogP contribution is 2.54. The van der Waals surface area contributed by atoms with Gasteiger partial charge in [-0.05, 0) is 91.4 Å². The maximum Gasteiger partial charge on any atom is 0.335 e. The third kappa shape index (κ3) is 13.5. The smallest absolute Gasteiger partial charge is 0.335 e. The van der Waals surface area contributed by atoms with Crippen molar-refractivity contribution in [3.63, 3.8) is 0 Å². The van der Waals surface area contributed by atoms with Crippen LogP contribution in [-0.2, 0) is 98.9 Å². The Bertz CT molecular complexity index is 3640. The van der Waals surface area contributed by atoms with Crippen molar-refractivity contribution in [3.8, 4) is 0 Å². The molecule has 3 heterocycles. The molecule has 3 aliphatic heterocycles. The van der Waals surface area contributed by atoms with E-state index in [2.05, 4.69) is 0 Å². The van der Waals surface area contributed by atoms with Crippen molar-refractivity contribution < 1.29 is 104 Å². The molecule has 0 bridgehead atoms. The van der Waals surface area contributed by atoms with Crippen LogP contribution in [-0.4, -0.2) is 178 Å². The number of anilines is 1. The van der Waals surface area contributed by atoms with E-state index >= 15 is 0 Å². The first-order chi connectivity index (χ1) is 37.5. The number of ether oxygens (including phenoxy) is 6. The maximum absolute atomic E-state index is 12.8. The molecule has 1 fully saturated rings. The number of carbonyl (C=O) groups is 3. The fraction of sp³-hybridized carbons (Fsp3) is 0.451. The van der Waals surface area contributed by atoms with Gasteiger partial charge >= 0.3 is 5.97 Å². The van der Waals surface area contributed by atoms with Gasteiger partial charge in [0.15, 0.2) is 12.3 Å². The zero-order valence-corrected chi connectivity index (χ0v) is 47.4. The highest BCUT2D eigenvalue weighted by molar-refractivity contribution is 7.87. The number of rotatable bonds is 28. The third-order valence-electron chi connectivity index (χ3n) is 13.8. The Hall–Kier alpha value is -5.64. The summed E-state index contributed by atoms with van der Waals surface area (Å²) in [5.74, 6) is -2.25. The summed E-state index contributed by atoms with van der Waals surface area (Å²) in [6.07, 6.45) is 4.60. The molecule has 0 radical (unpaired) electrons. The van der Waals surface area contributed by atoms with Crippen molar-refractivity contribution in [2.75, 3.05) is 98.3 Å². The van der Waals surface area contributed by atoms with E-state index in [0.717, 1.165) is 12.1 Å². The van der Waals surface area contributed by atoms with Gasteiger partial charge < -0.3 is 56.4 Å². The largest absolute Gasteiger partial charge is 0.744 e. The number of carbonyl (C=O) groups excluding carboxylic acids is 3. The molecule has 0 aromatic heterocycles. The normalized spacial score (nSPS) is 18.2. The first kappa shape index (κ1) is 62.0. The van der Waals surface area contributed by atoms with Crippen LogP contribution < -0.4 is 4.90 Å². The number of imide groups is 1. The lowest BCUT2D eigenvalue weighted by Crippen LogP contribution is -2.32. The summed E-state index contributed by atoms with van der Waals surface area (Å²) >= 11 is 0. The van der Waals surface area contributed by atoms with Gasteiger partial charge in [-0.15, -0.1) is 5.06 Å². The quantitative estimate of drug-likeness (QED) is 0.0341. The van der Waals surface area contributed by atoms with E-state index in [0.29, 0.717) is 70.9 Å². The van der Waals surface area contributed by atoms with E-state index in [9.17, 15) is 66.3 Å². The zero-order chi connectivity index (χ0) is 58.6. The van der Waals surface area contributed by atoms with Crippen LogP contribution in [0.1, 0.15) is 57.6 Å². The molecule has 4 aromatic carbocycles. The summed E-state index contributed by atoms with van der Waals surface area (Å²) in [5.41, 5.74) is -0.0464. The lowest BCUT2D eigenvalue weighted by molar-refractivity contribution is -0.442. The molecule has 29 heteroatoms. The molecule has 25 nitrogen and oxygen atoms in total. The molecule has 7 rings (SSSR count). The van der Waals surface area contributed by atoms with Gasteiger partial charge in [-0.1, -0.05) is 12.1 Å². The Kier molecular flexibility index (Phi) is 19.2. The van der Waals surface area contributed by atoms with Crippen molar-refractivity contribution in [3.05, 3.63) is 83.6 Å². The molecule has 3 aliphatic rings. The SMILES string of the molecule is COCCOCCOCCOCCC1(C)/C(=C\C=C\C2=[N+](CCOCCC(=O)ON3C(=O)CCC3=O)c3ccc4c(S(=O)(=O)[O-])cc(S(=O)(=O)[O-])cc4c3C2(C)C)N(CCOC)c2ccc3c(S(=O)(=O)[O-])cc(S(=O)(=O)[O-])cc3c21. The summed E-state index contributed by atoms with van der Waals surface area (Å²) in [6.45, 7) is 6.85. The van der Waals surface area contributed by atoms with E-state index < -0.39 is 88.7 Å². The van der Waals surface area contributed by atoms with Gasteiger partial charge in [0.25, 0.3) is 11.8 Å². The van der Waals surface area contributed by atoms with Crippen LogP contribution in [0, 0.1) is 0 Å². The number of allylic oxidation sites excluding steroid dienone is 4. The second kappa shape index (κ2) is 24.8. The number of fused-ring (bicyclic) bond motifs is 6. The fourth-order valence-corrected chi connectivity index (χ4v) is 12.8. The Morgan fingerprint density at radius 1 is 0.625 bits per heavy atom.